The van der Waals surface area contributed by atoms with Gasteiger partial charge >= 0.3 is 0 Å². The molecular weight excluding hydrogens is 508 g/mol. The average molecular weight is 551 g/mol. The summed E-state index contributed by atoms with van der Waals surface area (Å²) in [5, 5.41) is 0. The first kappa shape index (κ1) is 29.7. The van der Waals surface area contributed by atoms with Crippen LogP contribution in [0.2, 0.25) is 0 Å². The second-order valence-electron chi connectivity index (χ2n) is 11.1. The van der Waals surface area contributed by atoms with Gasteiger partial charge in [0, 0.05) is 6.61 Å². The first-order valence-corrected chi connectivity index (χ1v) is 14.8. The van der Waals surface area contributed by atoms with Crippen molar-refractivity contribution in [1.82, 2.24) is 0 Å². The average Bonchev–Trinajstić information content (AvgIpc) is 2.96. The van der Waals surface area contributed by atoms with Gasteiger partial charge in [-0.05, 0) is 105 Å². The van der Waals surface area contributed by atoms with Crippen molar-refractivity contribution in [2.45, 2.75) is 102 Å². The molecule has 7 heteroatoms. The van der Waals surface area contributed by atoms with E-state index in [-0.39, 0.29) is 42.0 Å². The van der Waals surface area contributed by atoms with Crippen LogP contribution in [0.25, 0.3) is 0 Å². The van der Waals surface area contributed by atoms with Crippen LogP contribution in [0.1, 0.15) is 107 Å². The van der Waals surface area contributed by atoms with Crippen LogP contribution in [0.5, 0.6) is 11.5 Å². The molecule has 2 fully saturated rings. The largest absolute Gasteiger partial charge is 0.490 e. The van der Waals surface area contributed by atoms with Gasteiger partial charge < -0.3 is 14.2 Å². The predicted molar refractivity (Wildman–Crippen MR) is 145 cm³/mol. The van der Waals surface area contributed by atoms with Crippen molar-refractivity contribution in [1.29, 1.82) is 0 Å². The van der Waals surface area contributed by atoms with E-state index in [4.69, 9.17) is 14.2 Å². The third kappa shape index (κ3) is 7.47. The number of ether oxygens (including phenoxy) is 3. The lowest BCUT2D eigenvalue weighted by atomic mass is 9.77. The molecule has 0 N–H and O–H groups in total. The first-order chi connectivity index (χ1) is 18.9. The highest BCUT2D eigenvalue weighted by atomic mass is 19.2. The lowest BCUT2D eigenvalue weighted by Crippen LogP contribution is -2.22. The maximum atomic E-state index is 15.2. The van der Waals surface area contributed by atoms with E-state index in [1.165, 1.54) is 12.1 Å². The Kier molecular flexibility index (Phi) is 11.0. The zero-order chi connectivity index (χ0) is 27.8. The molecule has 0 aliphatic heterocycles. The van der Waals surface area contributed by atoms with Crippen LogP contribution in [0.4, 0.5) is 17.6 Å². The van der Waals surface area contributed by atoms with Crippen LogP contribution in [-0.4, -0.2) is 25.9 Å². The molecule has 0 bridgehead atoms. The van der Waals surface area contributed by atoms with Crippen LogP contribution < -0.4 is 9.47 Å². The molecule has 0 saturated heterocycles. The van der Waals surface area contributed by atoms with E-state index in [1.54, 1.807) is 12.1 Å². The van der Waals surface area contributed by atoms with Gasteiger partial charge in [-0.1, -0.05) is 32.4 Å². The maximum absolute atomic E-state index is 15.2. The summed E-state index contributed by atoms with van der Waals surface area (Å²) in [6.45, 7) is 5.41. The Hall–Kier alpha value is -2.28. The van der Waals surface area contributed by atoms with E-state index < -0.39 is 23.3 Å². The number of hydrogen-bond donors (Lipinski definition) is 0. The monoisotopic (exact) mass is 550 g/mol. The summed E-state index contributed by atoms with van der Waals surface area (Å²) in [7, 11) is 0. The molecule has 0 atom stereocenters. The molecule has 0 heterocycles. The highest BCUT2D eigenvalue weighted by molar-refractivity contribution is 5.35. The minimum atomic E-state index is -1.04. The van der Waals surface area contributed by atoms with Crippen LogP contribution in [0.3, 0.4) is 0 Å². The van der Waals surface area contributed by atoms with E-state index in [0.29, 0.717) is 30.6 Å². The lowest BCUT2D eigenvalue weighted by Gasteiger charge is -2.31. The van der Waals surface area contributed by atoms with Gasteiger partial charge in [0.25, 0.3) is 0 Å². The number of unbranched alkanes of at least 4 members (excludes halogenated alkanes) is 1. The molecule has 0 aromatic heterocycles. The summed E-state index contributed by atoms with van der Waals surface area (Å²) in [6.07, 6.45) is 9.16. The molecule has 0 spiro atoms. The minimum Gasteiger partial charge on any atom is -0.490 e. The Labute approximate surface area is 230 Å². The molecule has 2 saturated carbocycles. The van der Waals surface area contributed by atoms with Gasteiger partial charge in [0.2, 0.25) is 11.6 Å². The molecule has 2 aromatic rings. The summed E-state index contributed by atoms with van der Waals surface area (Å²) >= 11 is 0. The third-order valence-corrected chi connectivity index (χ3v) is 8.34. The Bertz CT molecular complexity index is 1060. The van der Waals surface area contributed by atoms with Crippen LogP contribution in [0, 0.1) is 29.2 Å². The Morgan fingerprint density at radius 3 is 1.69 bits per heavy atom. The molecule has 0 radical (unpaired) electrons. The topological polar surface area (TPSA) is 27.7 Å². The summed E-state index contributed by atoms with van der Waals surface area (Å²) in [5.41, 5.74) is 0.936. The molecule has 0 unspecified atom stereocenters. The Balaban J connectivity index is 1.28. The first-order valence-electron chi connectivity index (χ1n) is 14.8. The molecule has 3 nitrogen and oxygen atoms in total. The standard InChI is InChI=1S/C32H42F4O3/c1-3-5-19-38-27-16-17-28(32(36)31(27)35)39-20-21-6-8-22(9-7-21)25-14-15-26(30(34)29(25)33)23-10-12-24(13-11-23)37-18-4-2/h14-17,21-24H,3-13,18-20H2,1-2H3. The van der Waals surface area contributed by atoms with Gasteiger partial charge in [-0.2, -0.15) is 8.78 Å². The molecule has 4 rings (SSSR count). The summed E-state index contributed by atoms with van der Waals surface area (Å²) in [5.74, 6) is -3.62. The Morgan fingerprint density at radius 2 is 1.15 bits per heavy atom. The number of hydrogen-bond acceptors (Lipinski definition) is 3. The Morgan fingerprint density at radius 1 is 0.615 bits per heavy atom. The normalized spacial score (nSPS) is 23.5. The van der Waals surface area contributed by atoms with Crippen molar-refractivity contribution in [3.8, 4) is 11.5 Å². The maximum Gasteiger partial charge on any atom is 0.204 e. The molecule has 2 aromatic carbocycles. The second kappa shape index (κ2) is 14.4. The number of halogens is 4. The molecule has 39 heavy (non-hydrogen) atoms. The number of rotatable bonds is 12. The minimum absolute atomic E-state index is 0.0325. The SMILES string of the molecule is CCCCOc1ccc(OCC2CCC(c3ccc(C4CCC(OCCC)CC4)c(F)c3F)CC2)c(F)c1F. The predicted octanol–water partition coefficient (Wildman–Crippen LogP) is 9.23. The van der Waals surface area contributed by atoms with Crippen molar-refractivity contribution in [2.75, 3.05) is 19.8 Å². The zero-order valence-corrected chi connectivity index (χ0v) is 23.3. The van der Waals surface area contributed by atoms with E-state index in [0.717, 1.165) is 64.4 Å². The summed E-state index contributed by atoms with van der Waals surface area (Å²) < 4.78 is 75.9. The molecule has 216 valence electrons. The van der Waals surface area contributed by atoms with E-state index in [9.17, 15) is 8.78 Å². The van der Waals surface area contributed by atoms with Crippen molar-refractivity contribution in [2.24, 2.45) is 5.92 Å². The summed E-state index contributed by atoms with van der Waals surface area (Å²) in [6, 6.07) is 6.36. The van der Waals surface area contributed by atoms with Crippen molar-refractivity contribution in [3.63, 3.8) is 0 Å². The third-order valence-electron chi connectivity index (χ3n) is 8.34. The van der Waals surface area contributed by atoms with E-state index in [1.807, 2.05) is 6.92 Å². The zero-order valence-electron chi connectivity index (χ0n) is 23.3. The molecule has 2 aliphatic rings. The van der Waals surface area contributed by atoms with Gasteiger partial charge in [-0.15, -0.1) is 0 Å². The molecule has 0 amide bonds. The highest BCUT2D eigenvalue weighted by Crippen LogP contribution is 2.41. The fourth-order valence-corrected chi connectivity index (χ4v) is 5.95. The smallest absolute Gasteiger partial charge is 0.204 e. The van der Waals surface area contributed by atoms with E-state index >= 15 is 8.78 Å². The second-order valence-corrected chi connectivity index (χ2v) is 11.1. The van der Waals surface area contributed by atoms with Crippen molar-refractivity contribution in [3.05, 3.63) is 58.7 Å². The van der Waals surface area contributed by atoms with Gasteiger partial charge in [-0.25, -0.2) is 8.78 Å². The lowest BCUT2D eigenvalue weighted by molar-refractivity contribution is 0.0248. The summed E-state index contributed by atoms with van der Waals surface area (Å²) in [4.78, 5) is 0. The molecular formula is C32H42F4O3. The van der Waals surface area contributed by atoms with Crippen molar-refractivity contribution >= 4 is 0 Å². The van der Waals surface area contributed by atoms with Crippen LogP contribution >= 0.6 is 0 Å². The van der Waals surface area contributed by atoms with Gasteiger partial charge in [0.15, 0.2) is 23.1 Å². The van der Waals surface area contributed by atoms with Gasteiger partial charge in [0.1, 0.15) is 0 Å². The number of benzene rings is 2. The van der Waals surface area contributed by atoms with Crippen LogP contribution in [-0.2, 0) is 4.74 Å². The van der Waals surface area contributed by atoms with Gasteiger partial charge in [0.05, 0.1) is 19.3 Å². The molecule has 2 aliphatic carbocycles. The van der Waals surface area contributed by atoms with E-state index in [2.05, 4.69) is 6.92 Å². The van der Waals surface area contributed by atoms with Gasteiger partial charge in [-0.3, -0.25) is 0 Å². The fourth-order valence-electron chi connectivity index (χ4n) is 5.95. The fraction of sp³-hybridized carbons (Fsp3) is 0.625. The van der Waals surface area contributed by atoms with Crippen molar-refractivity contribution < 1.29 is 31.8 Å². The highest BCUT2D eigenvalue weighted by Gasteiger charge is 2.30. The van der Waals surface area contributed by atoms with Crippen LogP contribution in [0.15, 0.2) is 24.3 Å². The quantitative estimate of drug-likeness (QED) is 0.195.